The Bertz CT molecular complexity index is 686. The zero-order chi connectivity index (χ0) is 17.1. The quantitative estimate of drug-likeness (QED) is 0.674. The number of para-hydroxylation sites is 2. The van der Waals surface area contributed by atoms with Crippen LogP contribution in [0, 0.1) is 6.67 Å². The first-order valence-corrected chi connectivity index (χ1v) is 10.0. The first kappa shape index (κ1) is 17.0. The first-order valence-electron chi connectivity index (χ1n) is 8.53. The molecular formula is C21H25N2P. The molecule has 2 nitrogen and oxygen atoms in total. The maximum absolute atomic E-state index is 3.46. The molecule has 124 valence electrons. The van der Waals surface area contributed by atoms with E-state index in [0.717, 1.165) is 5.69 Å². The maximum atomic E-state index is 3.46. The van der Waals surface area contributed by atoms with Crippen molar-refractivity contribution in [1.29, 1.82) is 0 Å². The van der Waals surface area contributed by atoms with Crippen LogP contribution in [-0.4, -0.2) is 11.3 Å². The largest absolute Gasteiger partial charge is 0.315 e. The van der Waals surface area contributed by atoms with Crippen LogP contribution in [0.5, 0.6) is 0 Å². The summed E-state index contributed by atoms with van der Waals surface area (Å²) in [7, 11) is -0.213. The van der Waals surface area contributed by atoms with Crippen LogP contribution in [-0.2, 0) is 0 Å². The van der Waals surface area contributed by atoms with Gasteiger partial charge >= 0.3 is 0 Å². The molecule has 0 spiro atoms. The van der Waals surface area contributed by atoms with Gasteiger partial charge in [0.15, 0.2) is 0 Å². The van der Waals surface area contributed by atoms with Crippen molar-refractivity contribution in [3.63, 3.8) is 0 Å². The summed E-state index contributed by atoms with van der Waals surface area (Å²) >= 11 is 0. The maximum Gasteiger partial charge on any atom is 0.217 e. The minimum Gasteiger partial charge on any atom is -0.315 e. The van der Waals surface area contributed by atoms with Crippen molar-refractivity contribution in [2.45, 2.75) is 39.0 Å². The molecule has 0 bridgehead atoms. The van der Waals surface area contributed by atoms with E-state index in [4.69, 9.17) is 0 Å². The Hall–Kier alpha value is -1.79. The molecule has 0 atom stereocenters. The molecule has 1 heterocycles. The summed E-state index contributed by atoms with van der Waals surface area (Å²) in [5, 5.41) is 1.46. The number of anilines is 2. The Morgan fingerprint density at radius 2 is 1.33 bits per heavy atom. The van der Waals surface area contributed by atoms with Crippen molar-refractivity contribution in [3.05, 3.63) is 73.7 Å². The van der Waals surface area contributed by atoms with Crippen LogP contribution in [0.2, 0.25) is 0 Å². The minimum atomic E-state index is -0.213. The van der Waals surface area contributed by atoms with Crippen LogP contribution in [0.25, 0.3) is 0 Å². The lowest BCUT2D eigenvalue weighted by molar-refractivity contribution is 1.02. The van der Waals surface area contributed by atoms with E-state index in [1.807, 2.05) is 11.0 Å². The highest BCUT2D eigenvalue weighted by molar-refractivity contribution is 7.67. The van der Waals surface area contributed by atoms with Gasteiger partial charge < -0.3 is 9.80 Å². The molecule has 2 radical (unpaired) electrons. The summed E-state index contributed by atoms with van der Waals surface area (Å²) in [6, 6.07) is 19.1. The van der Waals surface area contributed by atoms with Crippen molar-refractivity contribution < 1.29 is 0 Å². The van der Waals surface area contributed by atoms with Gasteiger partial charge in [0.25, 0.3) is 0 Å². The van der Waals surface area contributed by atoms with Crippen LogP contribution >= 0.6 is 7.92 Å². The third kappa shape index (κ3) is 3.49. The van der Waals surface area contributed by atoms with Gasteiger partial charge in [-0.25, -0.2) is 0 Å². The van der Waals surface area contributed by atoms with Crippen LogP contribution < -0.4 is 15.1 Å². The number of benzene rings is 2. The van der Waals surface area contributed by atoms with Gasteiger partial charge in [0.1, 0.15) is 0 Å². The molecule has 0 saturated heterocycles. The second kappa shape index (κ2) is 7.40. The van der Waals surface area contributed by atoms with Gasteiger partial charge in [0, 0.05) is 23.4 Å². The van der Waals surface area contributed by atoms with Gasteiger partial charge in [0.05, 0.1) is 5.69 Å². The Morgan fingerprint density at radius 3 is 2.00 bits per heavy atom. The number of rotatable bonds is 5. The van der Waals surface area contributed by atoms with Crippen LogP contribution in [0.4, 0.5) is 11.4 Å². The molecule has 2 aromatic rings. The molecule has 0 unspecified atom stereocenters. The molecule has 2 aromatic carbocycles. The zero-order valence-corrected chi connectivity index (χ0v) is 15.7. The van der Waals surface area contributed by atoms with E-state index >= 15 is 0 Å². The van der Waals surface area contributed by atoms with Gasteiger partial charge in [0.2, 0.25) is 6.67 Å². The standard InChI is InChI=1S/C21H25N2P/c1-17(2)24(18(3)4)21-13-9-8-12-20(21)23-15-14-22(16-23)19-10-6-5-7-11-19/h5-15,17-18H,1-4H3. The summed E-state index contributed by atoms with van der Waals surface area (Å²) < 4.78 is 0. The van der Waals surface area contributed by atoms with E-state index in [1.54, 1.807) is 0 Å². The van der Waals surface area contributed by atoms with Crippen molar-refractivity contribution in [2.24, 2.45) is 0 Å². The second-order valence-electron chi connectivity index (χ2n) is 6.56. The van der Waals surface area contributed by atoms with E-state index in [1.165, 1.54) is 11.0 Å². The normalized spacial score (nSPS) is 14.5. The third-order valence-electron chi connectivity index (χ3n) is 4.15. The Balaban J connectivity index is 1.88. The summed E-state index contributed by atoms with van der Waals surface area (Å²) in [5.41, 5.74) is 3.71. The molecule has 1 aliphatic heterocycles. The van der Waals surface area contributed by atoms with Gasteiger partial charge in [-0.1, -0.05) is 72.0 Å². The van der Waals surface area contributed by atoms with E-state index in [-0.39, 0.29) is 7.92 Å². The number of hydrogen-bond donors (Lipinski definition) is 0. The zero-order valence-electron chi connectivity index (χ0n) is 14.8. The summed E-state index contributed by atoms with van der Waals surface area (Å²) in [4.78, 5) is 4.17. The third-order valence-corrected chi connectivity index (χ3v) is 7.31. The SMILES string of the molecule is CC(C)P(c1ccccc1N1[C]N(c2ccccc2)C=C1)C(C)C. The van der Waals surface area contributed by atoms with Gasteiger partial charge in [-0.3, -0.25) is 0 Å². The Morgan fingerprint density at radius 1 is 0.750 bits per heavy atom. The van der Waals surface area contributed by atoms with Crippen LogP contribution in [0.3, 0.4) is 0 Å². The molecule has 24 heavy (non-hydrogen) atoms. The Labute approximate surface area is 147 Å². The van der Waals surface area contributed by atoms with E-state index < -0.39 is 0 Å². The molecule has 3 rings (SSSR count). The molecule has 0 N–H and O–H groups in total. The topological polar surface area (TPSA) is 6.48 Å². The summed E-state index contributed by atoms with van der Waals surface area (Å²) in [6.07, 6.45) is 4.17. The number of hydrogen-bond acceptors (Lipinski definition) is 2. The van der Waals surface area contributed by atoms with Crippen LogP contribution in [0.1, 0.15) is 27.7 Å². The average molecular weight is 336 g/mol. The van der Waals surface area contributed by atoms with Crippen molar-refractivity contribution in [1.82, 2.24) is 0 Å². The fourth-order valence-corrected chi connectivity index (χ4v) is 6.23. The lowest BCUT2D eigenvalue weighted by atomic mass is 10.3. The fraction of sp³-hybridized carbons (Fsp3) is 0.286. The van der Waals surface area contributed by atoms with E-state index in [9.17, 15) is 0 Å². The summed E-state index contributed by atoms with van der Waals surface area (Å²) in [5.74, 6) is 0. The summed E-state index contributed by atoms with van der Waals surface area (Å²) in [6.45, 7) is 12.8. The molecule has 3 heteroatoms. The van der Waals surface area contributed by atoms with Crippen molar-refractivity contribution in [2.75, 3.05) is 9.80 Å². The molecule has 0 aliphatic carbocycles. The highest BCUT2D eigenvalue weighted by Gasteiger charge is 2.26. The smallest absolute Gasteiger partial charge is 0.217 e. The van der Waals surface area contributed by atoms with E-state index in [0.29, 0.717) is 11.3 Å². The predicted molar refractivity (Wildman–Crippen MR) is 107 cm³/mol. The Kier molecular flexibility index (Phi) is 5.26. The lowest BCUT2D eigenvalue weighted by Crippen LogP contribution is -2.25. The second-order valence-corrected chi connectivity index (χ2v) is 9.92. The lowest BCUT2D eigenvalue weighted by Gasteiger charge is -2.30. The van der Waals surface area contributed by atoms with Gasteiger partial charge in [-0.05, 0) is 29.5 Å². The number of nitrogens with zero attached hydrogens (tertiary/aromatic N) is 2. The highest BCUT2D eigenvalue weighted by Crippen LogP contribution is 2.47. The first-order chi connectivity index (χ1) is 11.6. The monoisotopic (exact) mass is 336 g/mol. The van der Waals surface area contributed by atoms with Gasteiger partial charge in [-0.2, -0.15) is 0 Å². The van der Waals surface area contributed by atoms with Crippen molar-refractivity contribution >= 4 is 24.6 Å². The van der Waals surface area contributed by atoms with Crippen molar-refractivity contribution in [3.8, 4) is 0 Å². The van der Waals surface area contributed by atoms with E-state index in [2.05, 4.69) is 100 Å². The molecule has 1 aliphatic rings. The minimum absolute atomic E-state index is 0.213. The molecular weight excluding hydrogens is 311 g/mol. The van der Waals surface area contributed by atoms with Crippen LogP contribution in [0.15, 0.2) is 67.0 Å². The molecule has 0 fully saturated rings. The van der Waals surface area contributed by atoms with Gasteiger partial charge in [-0.15, -0.1) is 0 Å². The highest BCUT2D eigenvalue weighted by atomic mass is 31.1. The fourth-order valence-electron chi connectivity index (χ4n) is 3.22. The molecule has 0 saturated carbocycles. The molecule has 0 aromatic heterocycles. The molecule has 0 amide bonds. The predicted octanol–water partition coefficient (Wildman–Crippen LogP) is 5.40. The average Bonchev–Trinajstić information content (AvgIpc) is 3.05.